The summed E-state index contributed by atoms with van der Waals surface area (Å²) in [5.41, 5.74) is -0.909. The fourth-order valence-electron chi connectivity index (χ4n) is 2.84. The second-order valence-corrected chi connectivity index (χ2v) is 5.34. The molecule has 1 unspecified atom stereocenters. The average molecular weight is 335 g/mol. The molecule has 1 saturated carbocycles. The van der Waals surface area contributed by atoms with Gasteiger partial charge in [-0.15, -0.1) is 0 Å². The molecule has 0 heterocycles. The molecular weight excluding hydrogens is 318 g/mol. The fourth-order valence-corrected chi connectivity index (χ4v) is 2.84. The molecule has 1 fully saturated rings. The van der Waals surface area contributed by atoms with Crippen LogP contribution in [-0.2, 0) is 9.47 Å². The lowest BCUT2D eigenvalue weighted by Crippen LogP contribution is -2.56. The SMILES string of the molecule is COC1(OC)CCCCC1NC(=O)c1cc(F)c(F)c(F)c1F. The summed E-state index contributed by atoms with van der Waals surface area (Å²) in [7, 11) is 2.82. The molecular formula is C15H17F4NO3. The van der Waals surface area contributed by atoms with Crippen LogP contribution in [0.1, 0.15) is 36.0 Å². The molecule has 1 N–H and O–H groups in total. The molecule has 0 saturated heterocycles. The van der Waals surface area contributed by atoms with Crippen LogP contribution in [0.4, 0.5) is 17.6 Å². The van der Waals surface area contributed by atoms with Crippen molar-refractivity contribution < 1.29 is 31.8 Å². The molecule has 0 aromatic heterocycles. The van der Waals surface area contributed by atoms with Gasteiger partial charge in [0.1, 0.15) is 0 Å². The number of halogens is 4. The summed E-state index contributed by atoms with van der Waals surface area (Å²) < 4.78 is 63.8. The van der Waals surface area contributed by atoms with Gasteiger partial charge in [-0.05, 0) is 18.9 Å². The Bertz CT molecular complexity index is 605. The first-order chi connectivity index (χ1) is 10.9. The highest BCUT2D eigenvalue weighted by atomic mass is 19.2. The summed E-state index contributed by atoms with van der Waals surface area (Å²) in [6, 6.07) is -0.304. The van der Waals surface area contributed by atoms with E-state index in [4.69, 9.17) is 9.47 Å². The summed E-state index contributed by atoms with van der Waals surface area (Å²) in [5, 5.41) is 2.46. The molecule has 4 nitrogen and oxygen atoms in total. The Morgan fingerprint density at radius 3 is 2.39 bits per heavy atom. The summed E-state index contributed by atoms with van der Waals surface area (Å²) >= 11 is 0. The highest BCUT2D eigenvalue weighted by molar-refractivity contribution is 5.94. The first kappa shape index (κ1) is 17.7. The van der Waals surface area contributed by atoms with Crippen LogP contribution in [0.3, 0.4) is 0 Å². The second kappa shape index (κ2) is 6.84. The molecule has 1 aliphatic rings. The van der Waals surface area contributed by atoms with Crippen LogP contribution in [-0.4, -0.2) is 32.0 Å². The Kier molecular flexibility index (Phi) is 5.26. The number of carbonyl (C=O) groups excluding carboxylic acids is 1. The minimum Gasteiger partial charge on any atom is -0.351 e. The van der Waals surface area contributed by atoms with E-state index in [-0.39, 0.29) is 0 Å². The van der Waals surface area contributed by atoms with Crippen molar-refractivity contribution in [3.05, 3.63) is 34.9 Å². The first-order valence-electron chi connectivity index (χ1n) is 7.10. The van der Waals surface area contributed by atoms with Crippen LogP contribution in [0.15, 0.2) is 6.07 Å². The van der Waals surface area contributed by atoms with E-state index < -0.39 is 46.6 Å². The fraction of sp³-hybridized carbons (Fsp3) is 0.533. The maximum absolute atomic E-state index is 13.7. The largest absolute Gasteiger partial charge is 0.351 e. The van der Waals surface area contributed by atoms with Crippen molar-refractivity contribution in [2.45, 2.75) is 37.5 Å². The third kappa shape index (κ3) is 3.18. The predicted molar refractivity (Wildman–Crippen MR) is 72.7 cm³/mol. The van der Waals surface area contributed by atoms with Crippen molar-refractivity contribution in [1.82, 2.24) is 5.32 Å². The molecule has 1 aromatic carbocycles. The van der Waals surface area contributed by atoms with Gasteiger partial charge in [0.15, 0.2) is 29.1 Å². The summed E-state index contributed by atoms with van der Waals surface area (Å²) in [6.07, 6.45) is 2.57. The van der Waals surface area contributed by atoms with E-state index in [1.807, 2.05) is 0 Å². The molecule has 2 rings (SSSR count). The van der Waals surface area contributed by atoms with E-state index in [1.165, 1.54) is 14.2 Å². The molecule has 0 aliphatic heterocycles. The lowest BCUT2D eigenvalue weighted by Gasteiger charge is -2.41. The van der Waals surface area contributed by atoms with Crippen molar-refractivity contribution in [2.75, 3.05) is 14.2 Å². The van der Waals surface area contributed by atoms with Crippen LogP contribution in [0.25, 0.3) is 0 Å². The Balaban J connectivity index is 2.28. The van der Waals surface area contributed by atoms with Gasteiger partial charge in [-0.1, -0.05) is 6.42 Å². The van der Waals surface area contributed by atoms with Gasteiger partial charge in [-0.25, -0.2) is 17.6 Å². The number of nitrogens with one attached hydrogen (secondary N) is 1. The van der Waals surface area contributed by atoms with Crippen LogP contribution < -0.4 is 5.32 Å². The highest BCUT2D eigenvalue weighted by Gasteiger charge is 2.42. The Morgan fingerprint density at radius 2 is 1.78 bits per heavy atom. The van der Waals surface area contributed by atoms with Gasteiger partial charge >= 0.3 is 0 Å². The predicted octanol–water partition coefficient (Wildman–Crippen LogP) is 2.90. The van der Waals surface area contributed by atoms with Crippen molar-refractivity contribution in [3.8, 4) is 0 Å². The first-order valence-corrected chi connectivity index (χ1v) is 7.10. The molecule has 1 aromatic rings. The monoisotopic (exact) mass is 335 g/mol. The number of carbonyl (C=O) groups is 1. The zero-order valence-electron chi connectivity index (χ0n) is 12.7. The maximum Gasteiger partial charge on any atom is 0.254 e. The quantitative estimate of drug-likeness (QED) is 0.398. The molecule has 8 heteroatoms. The standard InChI is InChI=1S/C15H17F4NO3/c1-22-15(23-2)6-4-3-5-10(15)20-14(21)8-7-9(16)12(18)13(19)11(8)17/h7,10H,3-6H2,1-2H3,(H,20,21). The lowest BCUT2D eigenvalue weighted by atomic mass is 9.88. The van der Waals surface area contributed by atoms with Gasteiger partial charge in [0.2, 0.25) is 0 Å². The number of methoxy groups -OCH3 is 2. The van der Waals surface area contributed by atoms with Crippen LogP contribution in [0, 0.1) is 23.3 Å². The van der Waals surface area contributed by atoms with E-state index in [0.717, 1.165) is 12.8 Å². The minimum absolute atomic E-state index is 0.327. The lowest BCUT2D eigenvalue weighted by molar-refractivity contribution is -0.236. The summed E-state index contributed by atoms with van der Waals surface area (Å²) in [6.45, 7) is 0. The number of hydrogen-bond donors (Lipinski definition) is 1. The minimum atomic E-state index is -2.02. The van der Waals surface area contributed by atoms with Gasteiger partial charge < -0.3 is 14.8 Å². The van der Waals surface area contributed by atoms with E-state index in [2.05, 4.69) is 5.32 Å². The van der Waals surface area contributed by atoms with Crippen LogP contribution in [0.5, 0.6) is 0 Å². The Labute approximate surface area is 130 Å². The zero-order valence-corrected chi connectivity index (χ0v) is 12.7. The molecule has 1 amide bonds. The molecule has 1 atom stereocenters. The number of benzene rings is 1. The molecule has 0 radical (unpaired) electrons. The second-order valence-electron chi connectivity index (χ2n) is 5.34. The number of amides is 1. The van der Waals surface area contributed by atoms with Crippen LogP contribution in [0.2, 0.25) is 0 Å². The molecule has 128 valence electrons. The molecule has 1 aliphatic carbocycles. The van der Waals surface area contributed by atoms with Crippen molar-refractivity contribution >= 4 is 5.91 Å². The van der Waals surface area contributed by atoms with Crippen molar-refractivity contribution in [2.24, 2.45) is 0 Å². The molecule has 0 bridgehead atoms. The number of ether oxygens (including phenoxy) is 2. The smallest absolute Gasteiger partial charge is 0.254 e. The summed E-state index contributed by atoms with van der Waals surface area (Å²) in [5.74, 6) is -9.52. The zero-order chi connectivity index (χ0) is 17.2. The maximum atomic E-state index is 13.7. The number of rotatable bonds is 4. The summed E-state index contributed by atoms with van der Waals surface area (Å²) in [4.78, 5) is 12.2. The average Bonchev–Trinajstić information content (AvgIpc) is 2.56. The van der Waals surface area contributed by atoms with Crippen molar-refractivity contribution in [1.29, 1.82) is 0 Å². The molecule has 23 heavy (non-hydrogen) atoms. The Hall–Kier alpha value is -1.67. The normalized spacial score (nSPS) is 20.3. The van der Waals surface area contributed by atoms with E-state index >= 15 is 0 Å². The van der Waals surface area contributed by atoms with Crippen molar-refractivity contribution in [3.63, 3.8) is 0 Å². The van der Waals surface area contributed by atoms with Gasteiger partial charge in [0, 0.05) is 20.6 Å². The Morgan fingerprint density at radius 1 is 1.13 bits per heavy atom. The van der Waals surface area contributed by atoms with Crippen LogP contribution >= 0.6 is 0 Å². The molecule has 0 spiro atoms. The third-order valence-electron chi connectivity index (χ3n) is 4.14. The van der Waals surface area contributed by atoms with Gasteiger partial charge in [0.05, 0.1) is 11.6 Å². The van der Waals surface area contributed by atoms with Gasteiger partial charge in [-0.2, -0.15) is 0 Å². The van der Waals surface area contributed by atoms with E-state index in [0.29, 0.717) is 18.9 Å². The van der Waals surface area contributed by atoms with Gasteiger partial charge in [-0.3, -0.25) is 4.79 Å². The van der Waals surface area contributed by atoms with E-state index in [9.17, 15) is 22.4 Å². The highest BCUT2D eigenvalue weighted by Crippen LogP contribution is 2.32. The third-order valence-corrected chi connectivity index (χ3v) is 4.14. The van der Waals surface area contributed by atoms with Gasteiger partial charge in [0.25, 0.3) is 5.91 Å². The van der Waals surface area contributed by atoms with E-state index in [1.54, 1.807) is 0 Å². The topological polar surface area (TPSA) is 47.6 Å². The number of hydrogen-bond acceptors (Lipinski definition) is 3.